The van der Waals surface area contributed by atoms with Gasteiger partial charge in [0.1, 0.15) is 5.82 Å². The van der Waals surface area contributed by atoms with Crippen LogP contribution in [0.1, 0.15) is 28.4 Å². The summed E-state index contributed by atoms with van der Waals surface area (Å²) in [5.74, 6) is -0.382. The Morgan fingerprint density at radius 3 is 2.62 bits per heavy atom. The second kappa shape index (κ2) is 6.83. The number of hydrogen-bond donors (Lipinski definition) is 1. The standard InChI is InChI=1S/C19H19FN2O2/c1-13(23)22-11-9-15-12-16(4-7-18(15)22)19(24)21-10-8-14-2-5-17(20)6-3-14/h2-7,12H,8-11H2,1H3,(H,21,24). The van der Waals surface area contributed by atoms with E-state index in [0.717, 1.165) is 23.2 Å². The first kappa shape index (κ1) is 16.2. The van der Waals surface area contributed by atoms with Gasteiger partial charge in [0.2, 0.25) is 5.91 Å². The summed E-state index contributed by atoms with van der Waals surface area (Å²) in [5, 5.41) is 2.87. The first-order valence-electron chi connectivity index (χ1n) is 7.98. The largest absolute Gasteiger partial charge is 0.352 e. The van der Waals surface area contributed by atoms with Crippen molar-refractivity contribution < 1.29 is 14.0 Å². The third-order valence-electron chi connectivity index (χ3n) is 4.23. The van der Waals surface area contributed by atoms with Crippen molar-refractivity contribution in [2.24, 2.45) is 0 Å². The number of rotatable bonds is 4. The lowest BCUT2D eigenvalue weighted by atomic mass is 10.1. The summed E-state index contributed by atoms with van der Waals surface area (Å²) in [6, 6.07) is 11.7. The third kappa shape index (κ3) is 3.45. The topological polar surface area (TPSA) is 49.4 Å². The van der Waals surface area contributed by atoms with Crippen molar-refractivity contribution in [1.29, 1.82) is 0 Å². The van der Waals surface area contributed by atoms with Gasteiger partial charge in [0.15, 0.2) is 0 Å². The van der Waals surface area contributed by atoms with Crippen LogP contribution in [0.3, 0.4) is 0 Å². The van der Waals surface area contributed by atoms with Gasteiger partial charge >= 0.3 is 0 Å². The molecule has 2 amide bonds. The van der Waals surface area contributed by atoms with Crippen LogP contribution in [0.5, 0.6) is 0 Å². The summed E-state index contributed by atoms with van der Waals surface area (Å²) in [6.07, 6.45) is 1.42. The molecule has 124 valence electrons. The van der Waals surface area contributed by atoms with E-state index in [9.17, 15) is 14.0 Å². The number of carbonyl (C=O) groups excluding carboxylic acids is 2. The van der Waals surface area contributed by atoms with Crippen LogP contribution in [-0.4, -0.2) is 24.9 Å². The zero-order valence-corrected chi connectivity index (χ0v) is 13.5. The van der Waals surface area contributed by atoms with Crippen LogP contribution >= 0.6 is 0 Å². The molecule has 4 nitrogen and oxygen atoms in total. The smallest absolute Gasteiger partial charge is 0.251 e. The number of halogens is 1. The lowest BCUT2D eigenvalue weighted by Crippen LogP contribution is -2.26. The fraction of sp³-hybridized carbons (Fsp3) is 0.263. The molecule has 0 spiro atoms. The molecule has 1 N–H and O–H groups in total. The number of nitrogens with one attached hydrogen (secondary N) is 1. The van der Waals surface area contributed by atoms with Gasteiger partial charge in [-0.2, -0.15) is 0 Å². The molecule has 0 bridgehead atoms. The molecular formula is C19H19FN2O2. The lowest BCUT2D eigenvalue weighted by molar-refractivity contribution is -0.116. The SMILES string of the molecule is CC(=O)N1CCc2cc(C(=O)NCCc3ccc(F)cc3)ccc21. The van der Waals surface area contributed by atoms with Gasteiger partial charge in [-0.1, -0.05) is 12.1 Å². The van der Waals surface area contributed by atoms with Gasteiger partial charge in [0.25, 0.3) is 5.91 Å². The van der Waals surface area contributed by atoms with Gasteiger partial charge in [0.05, 0.1) is 0 Å². The van der Waals surface area contributed by atoms with Crippen LogP contribution in [0.4, 0.5) is 10.1 Å². The number of carbonyl (C=O) groups is 2. The van der Waals surface area contributed by atoms with Gasteiger partial charge in [-0.25, -0.2) is 4.39 Å². The van der Waals surface area contributed by atoms with Crippen molar-refractivity contribution in [3.63, 3.8) is 0 Å². The fourth-order valence-corrected chi connectivity index (χ4v) is 2.94. The van der Waals surface area contributed by atoms with Gasteiger partial charge in [-0.15, -0.1) is 0 Å². The number of hydrogen-bond acceptors (Lipinski definition) is 2. The molecule has 0 saturated heterocycles. The van der Waals surface area contributed by atoms with Crippen molar-refractivity contribution in [3.05, 3.63) is 65.0 Å². The van der Waals surface area contributed by atoms with Crippen LogP contribution in [-0.2, 0) is 17.6 Å². The van der Waals surface area contributed by atoms with Gasteiger partial charge in [0, 0.05) is 31.3 Å². The highest BCUT2D eigenvalue weighted by molar-refractivity contribution is 5.97. The maximum absolute atomic E-state index is 12.9. The molecule has 3 rings (SSSR count). The highest BCUT2D eigenvalue weighted by Gasteiger charge is 2.22. The minimum absolute atomic E-state index is 0.0187. The van der Waals surface area contributed by atoms with E-state index in [0.29, 0.717) is 25.1 Å². The van der Waals surface area contributed by atoms with E-state index >= 15 is 0 Å². The van der Waals surface area contributed by atoms with Gasteiger partial charge in [-0.3, -0.25) is 9.59 Å². The van der Waals surface area contributed by atoms with Gasteiger partial charge < -0.3 is 10.2 Å². The Hall–Kier alpha value is -2.69. The van der Waals surface area contributed by atoms with E-state index < -0.39 is 0 Å². The van der Waals surface area contributed by atoms with E-state index in [1.54, 1.807) is 30.0 Å². The molecule has 24 heavy (non-hydrogen) atoms. The van der Waals surface area contributed by atoms with Crippen LogP contribution in [0.2, 0.25) is 0 Å². The van der Waals surface area contributed by atoms with Crippen molar-refractivity contribution >= 4 is 17.5 Å². The van der Waals surface area contributed by atoms with E-state index in [2.05, 4.69) is 5.32 Å². The second-order valence-electron chi connectivity index (χ2n) is 5.90. The monoisotopic (exact) mass is 326 g/mol. The summed E-state index contributed by atoms with van der Waals surface area (Å²) in [5.41, 5.74) is 3.49. The van der Waals surface area contributed by atoms with E-state index in [4.69, 9.17) is 0 Å². The zero-order chi connectivity index (χ0) is 17.1. The van der Waals surface area contributed by atoms with Crippen molar-refractivity contribution in [2.45, 2.75) is 19.8 Å². The summed E-state index contributed by atoms with van der Waals surface area (Å²) in [6.45, 7) is 2.70. The van der Waals surface area contributed by atoms with Crippen molar-refractivity contribution in [1.82, 2.24) is 5.32 Å². The molecule has 0 aromatic heterocycles. The Bertz CT molecular complexity index is 771. The van der Waals surface area contributed by atoms with Crippen LogP contribution in [0, 0.1) is 5.82 Å². The Morgan fingerprint density at radius 1 is 1.17 bits per heavy atom. The molecule has 1 aliphatic rings. The molecule has 0 unspecified atom stereocenters. The minimum atomic E-state index is -0.263. The maximum atomic E-state index is 12.9. The van der Waals surface area contributed by atoms with Crippen molar-refractivity contribution in [3.8, 4) is 0 Å². The Morgan fingerprint density at radius 2 is 1.92 bits per heavy atom. The molecule has 0 saturated carbocycles. The predicted octanol–water partition coefficient (Wildman–Crippen LogP) is 2.71. The normalized spacial score (nSPS) is 12.8. The molecule has 1 aliphatic heterocycles. The molecule has 0 fully saturated rings. The molecular weight excluding hydrogens is 307 g/mol. The number of anilines is 1. The number of fused-ring (bicyclic) bond motifs is 1. The molecule has 2 aromatic carbocycles. The summed E-state index contributed by atoms with van der Waals surface area (Å²) >= 11 is 0. The molecule has 0 aliphatic carbocycles. The average Bonchev–Trinajstić information content (AvgIpc) is 3.00. The van der Waals surface area contributed by atoms with Crippen LogP contribution in [0.25, 0.3) is 0 Å². The Kier molecular flexibility index (Phi) is 4.60. The highest BCUT2D eigenvalue weighted by Crippen LogP contribution is 2.28. The quantitative estimate of drug-likeness (QED) is 0.939. The number of benzene rings is 2. The lowest BCUT2D eigenvalue weighted by Gasteiger charge is -2.14. The minimum Gasteiger partial charge on any atom is -0.352 e. The van der Waals surface area contributed by atoms with E-state index in [1.165, 1.54) is 12.1 Å². The predicted molar refractivity (Wildman–Crippen MR) is 90.6 cm³/mol. The number of nitrogens with zero attached hydrogens (tertiary/aromatic N) is 1. The average molecular weight is 326 g/mol. The summed E-state index contributed by atoms with van der Waals surface area (Å²) in [7, 11) is 0. The first-order chi connectivity index (χ1) is 11.5. The van der Waals surface area contributed by atoms with E-state index in [1.807, 2.05) is 12.1 Å². The zero-order valence-electron chi connectivity index (χ0n) is 13.5. The van der Waals surface area contributed by atoms with Gasteiger partial charge in [-0.05, 0) is 54.3 Å². The second-order valence-corrected chi connectivity index (χ2v) is 5.90. The summed E-state index contributed by atoms with van der Waals surface area (Å²) < 4.78 is 12.9. The number of amides is 2. The van der Waals surface area contributed by atoms with Crippen molar-refractivity contribution in [2.75, 3.05) is 18.0 Å². The highest BCUT2D eigenvalue weighted by atomic mass is 19.1. The Labute approximate surface area is 140 Å². The third-order valence-corrected chi connectivity index (χ3v) is 4.23. The fourth-order valence-electron chi connectivity index (χ4n) is 2.94. The molecule has 1 heterocycles. The van der Waals surface area contributed by atoms with E-state index in [-0.39, 0.29) is 17.6 Å². The summed E-state index contributed by atoms with van der Waals surface area (Å²) in [4.78, 5) is 25.5. The molecule has 0 atom stereocenters. The van der Waals surface area contributed by atoms with Crippen LogP contribution in [0.15, 0.2) is 42.5 Å². The molecule has 5 heteroatoms. The van der Waals surface area contributed by atoms with Crippen LogP contribution < -0.4 is 10.2 Å². The maximum Gasteiger partial charge on any atom is 0.251 e. The first-order valence-corrected chi connectivity index (χ1v) is 7.98. The molecule has 0 radical (unpaired) electrons. The molecule has 2 aromatic rings. The Balaban J connectivity index is 1.60.